The average Bonchev–Trinajstić information content (AvgIpc) is 3.50. The summed E-state index contributed by atoms with van der Waals surface area (Å²) in [7, 11) is 0. The van der Waals surface area contributed by atoms with Gasteiger partial charge in [0.1, 0.15) is 11.5 Å². The van der Waals surface area contributed by atoms with Crippen LogP contribution in [0.5, 0.6) is 0 Å². The molecule has 5 aromatic heterocycles. The first-order valence-corrected chi connectivity index (χ1v) is 11.8. The first-order valence-electron chi connectivity index (χ1n) is 11.8. The molecule has 8 heteroatoms. The van der Waals surface area contributed by atoms with Crippen molar-refractivity contribution in [3.63, 3.8) is 0 Å². The van der Waals surface area contributed by atoms with E-state index in [-0.39, 0.29) is 5.82 Å². The summed E-state index contributed by atoms with van der Waals surface area (Å²) >= 11 is 0. The molecule has 0 amide bonds. The molecular formula is C28H24FN7. The molecule has 3 N–H and O–H groups in total. The fourth-order valence-corrected chi connectivity index (χ4v) is 4.56. The molecule has 178 valence electrons. The van der Waals surface area contributed by atoms with Crippen LogP contribution in [0.4, 0.5) is 4.39 Å². The van der Waals surface area contributed by atoms with Crippen LogP contribution in [0.2, 0.25) is 0 Å². The topological polar surface area (TPSA) is 95.2 Å². The summed E-state index contributed by atoms with van der Waals surface area (Å²) in [6.07, 6.45) is 7.22. The molecule has 0 radical (unpaired) electrons. The lowest BCUT2D eigenvalue weighted by atomic mass is 10.0. The fraction of sp³-hybridized carbons (Fsp3) is 0.143. The molecule has 36 heavy (non-hydrogen) atoms. The summed E-state index contributed by atoms with van der Waals surface area (Å²) in [4.78, 5) is 17.1. The maximum Gasteiger partial charge on any atom is 0.124 e. The molecule has 0 bridgehead atoms. The average molecular weight is 478 g/mol. The van der Waals surface area contributed by atoms with Gasteiger partial charge in [-0.2, -0.15) is 5.10 Å². The Balaban J connectivity index is 1.44. The predicted octanol–water partition coefficient (Wildman–Crippen LogP) is 5.79. The lowest BCUT2D eigenvalue weighted by Gasteiger charge is -2.05. The van der Waals surface area contributed by atoms with Gasteiger partial charge in [0.25, 0.3) is 0 Å². The summed E-state index contributed by atoms with van der Waals surface area (Å²) in [5.41, 5.74) is 8.56. The monoisotopic (exact) mass is 477 g/mol. The van der Waals surface area contributed by atoms with Gasteiger partial charge in [0, 0.05) is 52.6 Å². The van der Waals surface area contributed by atoms with Crippen LogP contribution >= 0.6 is 0 Å². The fourth-order valence-electron chi connectivity index (χ4n) is 4.56. The summed E-state index contributed by atoms with van der Waals surface area (Å²) in [5.74, 6) is -0.276. The summed E-state index contributed by atoms with van der Waals surface area (Å²) in [5, 5.41) is 12.8. The minimum absolute atomic E-state index is 0.276. The highest BCUT2D eigenvalue weighted by Crippen LogP contribution is 2.34. The first kappa shape index (κ1) is 22.1. The second kappa shape index (κ2) is 8.98. The van der Waals surface area contributed by atoms with Crippen molar-refractivity contribution < 1.29 is 4.39 Å². The second-order valence-corrected chi connectivity index (χ2v) is 8.87. The van der Waals surface area contributed by atoms with Crippen molar-refractivity contribution in [3.8, 4) is 33.9 Å². The number of aromatic amines is 2. The number of H-pyrrole nitrogens is 2. The quantitative estimate of drug-likeness (QED) is 0.282. The number of halogens is 1. The van der Waals surface area contributed by atoms with Gasteiger partial charge in [-0.3, -0.25) is 20.1 Å². The van der Waals surface area contributed by atoms with Crippen molar-refractivity contribution in [3.05, 3.63) is 84.2 Å². The summed E-state index contributed by atoms with van der Waals surface area (Å²) in [6.45, 7) is 5.61. The van der Waals surface area contributed by atoms with Gasteiger partial charge in [-0.05, 0) is 67.1 Å². The number of aryl methyl sites for hydroxylation is 1. The smallest absolute Gasteiger partial charge is 0.124 e. The standard InChI is InChI=1S/C28H24FN7/c1-3-30-12-17-8-19(14-31-13-17)24-10-22-26(15-33-24)35-36-28(22)25-11-21-23(34-25)4-5-32-27(21)18-6-16(2)7-20(29)9-18/h4-11,13-15,30,34H,3,12H2,1-2H3,(H,35,36). The Morgan fingerprint density at radius 1 is 0.889 bits per heavy atom. The zero-order valence-electron chi connectivity index (χ0n) is 19.9. The van der Waals surface area contributed by atoms with E-state index in [0.717, 1.165) is 79.9 Å². The second-order valence-electron chi connectivity index (χ2n) is 8.87. The third-order valence-corrected chi connectivity index (χ3v) is 6.24. The van der Waals surface area contributed by atoms with Crippen LogP contribution in [0.1, 0.15) is 18.1 Å². The number of pyridine rings is 3. The highest BCUT2D eigenvalue weighted by molar-refractivity contribution is 6.00. The van der Waals surface area contributed by atoms with Crippen LogP contribution in [0.3, 0.4) is 0 Å². The molecule has 6 rings (SSSR count). The molecular weight excluding hydrogens is 453 g/mol. The maximum atomic E-state index is 14.1. The minimum Gasteiger partial charge on any atom is -0.353 e. The molecule has 0 fully saturated rings. The van der Waals surface area contributed by atoms with Gasteiger partial charge >= 0.3 is 0 Å². The number of rotatable bonds is 6. The molecule has 1 aromatic carbocycles. The van der Waals surface area contributed by atoms with Crippen molar-refractivity contribution in [2.75, 3.05) is 6.54 Å². The molecule has 0 atom stereocenters. The number of benzene rings is 1. The lowest BCUT2D eigenvalue weighted by molar-refractivity contribution is 0.627. The molecule has 0 saturated heterocycles. The van der Waals surface area contributed by atoms with E-state index in [1.807, 2.05) is 43.6 Å². The number of nitrogens with zero attached hydrogens (tertiary/aromatic N) is 4. The van der Waals surface area contributed by atoms with Crippen LogP contribution in [0.15, 0.2) is 67.3 Å². The predicted molar refractivity (Wildman–Crippen MR) is 140 cm³/mol. The van der Waals surface area contributed by atoms with Crippen molar-refractivity contribution >= 4 is 21.8 Å². The van der Waals surface area contributed by atoms with Gasteiger partial charge in [0.05, 0.1) is 28.8 Å². The van der Waals surface area contributed by atoms with Crippen molar-refractivity contribution in [2.24, 2.45) is 0 Å². The number of aromatic nitrogens is 6. The van der Waals surface area contributed by atoms with Crippen LogP contribution < -0.4 is 5.32 Å². The molecule has 0 aliphatic heterocycles. The van der Waals surface area contributed by atoms with Gasteiger partial charge in [-0.1, -0.05) is 6.92 Å². The van der Waals surface area contributed by atoms with E-state index >= 15 is 0 Å². The highest BCUT2D eigenvalue weighted by Gasteiger charge is 2.16. The SMILES string of the molecule is CCNCc1cncc(-c2cc3c(-c4cc5c(-c6cc(C)cc(F)c6)nccc5[nH]4)n[nH]c3cn2)c1. The number of fused-ring (bicyclic) bond motifs is 2. The van der Waals surface area contributed by atoms with Gasteiger partial charge in [-0.25, -0.2) is 4.39 Å². The molecule has 0 aliphatic rings. The third-order valence-electron chi connectivity index (χ3n) is 6.24. The zero-order chi connectivity index (χ0) is 24.6. The van der Waals surface area contributed by atoms with Crippen molar-refractivity contribution in [1.29, 1.82) is 0 Å². The molecule has 6 aromatic rings. The molecule has 5 heterocycles. The number of hydrogen-bond donors (Lipinski definition) is 3. The molecule has 0 spiro atoms. The Morgan fingerprint density at radius 3 is 2.64 bits per heavy atom. The van der Waals surface area contributed by atoms with E-state index in [1.54, 1.807) is 12.4 Å². The van der Waals surface area contributed by atoms with E-state index in [1.165, 1.54) is 12.1 Å². The highest BCUT2D eigenvalue weighted by atomic mass is 19.1. The number of nitrogens with one attached hydrogen (secondary N) is 3. The largest absolute Gasteiger partial charge is 0.353 e. The Morgan fingerprint density at radius 2 is 1.78 bits per heavy atom. The molecule has 0 aliphatic carbocycles. The Labute approximate surface area is 206 Å². The Hall–Kier alpha value is -4.43. The van der Waals surface area contributed by atoms with Crippen LogP contribution in [-0.2, 0) is 6.54 Å². The van der Waals surface area contributed by atoms with Crippen LogP contribution in [-0.4, -0.2) is 36.7 Å². The lowest BCUT2D eigenvalue weighted by Crippen LogP contribution is -2.11. The first-order chi connectivity index (χ1) is 17.6. The van der Waals surface area contributed by atoms with Gasteiger partial charge in [0.15, 0.2) is 0 Å². The van der Waals surface area contributed by atoms with Crippen LogP contribution in [0, 0.1) is 12.7 Å². The van der Waals surface area contributed by atoms with Gasteiger partial charge in [-0.15, -0.1) is 0 Å². The van der Waals surface area contributed by atoms with E-state index in [0.29, 0.717) is 0 Å². The van der Waals surface area contributed by atoms with E-state index < -0.39 is 0 Å². The van der Waals surface area contributed by atoms with E-state index in [2.05, 4.69) is 48.4 Å². The van der Waals surface area contributed by atoms with Gasteiger partial charge < -0.3 is 10.3 Å². The van der Waals surface area contributed by atoms with E-state index in [4.69, 9.17) is 0 Å². The minimum atomic E-state index is -0.276. The number of hydrogen-bond acceptors (Lipinski definition) is 5. The summed E-state index contributed by atoms with van der Waals surface area (Å²) < 4.78 is 14.1. The van der Waals surface area contributed by atoms with Gasteiger partial charge in [0.2, 0.25) is 0 Å². The normalized spacial score (nSPS) is 11.5. The Bertz CT molecular complexity index is 1700. The zero-order valence-corrected chi connectivity index (χ0v) is 19.9. The summed E-state index contributed by atoms with van der Waals surface area (Å²) in [6, 6.07) is 13.0. The molecule has 7 nitrogen and oxygen atoms in total. The third kappa shape index (κ3) is 4.01. The van der Waals surface area contributed by atoms with E-state index in [9.17, 15) is 4.39 Å². The Kier molecular flexibility index (Phi) is 5.50. The molecule has 0 saturated carbocycles. The maximum absolute atomic E-state index is 14.1. The molecule has 0 unspecified atom stereocenters. The van der Waals surface area contributed by atoms with Crippen molar-refractivity contribution in [2.45, 2.75) is 20.4 Å². The van der Waals surface area contributed by atoms with Crippen LogP contribution in [0.25, 0.3) is 55.7 Å². The van der Waals surface area contributed by atoms with Crippen molar-refractivity contribution in [1.82, 2.24) is 35.5 Å².